The number of carbonyl (C=O) groups is 4. The Labute approximate surface area is 489 Å². The van der Waals surface area contributed by atoms with Gasteiger partial charge in [-0.2, -0.15) is 0 Å². The zero-order valence-electron chi connectivity index (χ0n) is 50.8. The third-order valence-corrected chi connectivity index (χ3v) is 13.6. The number of esters is 3. The van der Waals surface area contributed by atoms with E-state index in [-0.39, 0.29) is 50.0 Å². The van der Waals surface area contributed by atoms with Crippen LogP contribution < -0.4 is 15.0 Å². The van der Waals surface area contributed by atoms with Gasteiger partial charge in [0.25, 0.3) is 0 Å². The number of aromatic nitrogens is 4. The maximum absolute atomic E-state index is 13.3. The summed E-state index contributed by atoms with van der Waals surface area (Å²) in [5.74, 6) is 1.07. The first-order valence-corrected chi connectivity index (χ1v) is 29.2. The zero-order valence-corrected chi connectivity index (χ0v) is 50.8. The largest absolute Gasteiger partial charge is 0.491 e. The summed E-state index contributed by atoms with van der Waals surface area (Å²) in [4.78, 5) is 82.0. The fourth-order valence-corrected chi connectivity index (χ4v) is 9.56. The molecule has 22 nitrogen and oxygen atoms in total. The van der Waals surface area contributed by atoms with Crippen molar-refractivity contribution in [3.8, 4) is 28.5 Å². The fraction of sp³-hybridized carbons (Fsp3) is 0.607. The number of anilines is 1. The van der Waals surface area contributed by atoms with Crippen LogP contribution in [-0.4, -0.2) is 250 Å². The Bertz CT molecular complexity index is 2800. The number of imidazole rings is 2. The van der Waals surface area contributed by atoms with Crippen LogP contribution in [0.15, 0.2) is 60.7 Å². The van der Waals surface area contributed by atoms with Gasteiger partial charge in [0.15, 0.2) is 0 Å². The molecule has 0 radical (unpaired) electrons. The van der Waals surface area contributed by atoms with Crippen LogP contribution in [0.25, 0.3) is 44.8 Å². The zero-order chi connectivity index (χ0) is 59.6. The topological polar surface area (TPSA) is 222 Å². The van der Waals surface area contributed by atoms with Crippen molar-refractivity contribution >= 4 is 51.6 Å². The first-order chi connectivity index (χ1) is 39.5. The molecular formula is C61H91N11O11. The molecule has 2 aromatic heterocycles. The molecule has 22 heteroatoms. The number of benzene rings is 3. The number of nitrogens with one attached hydrogen (secondary N) is 3. The second kappa shape index (κ2) is 30.5. The Hall–Kier alpha value is -6.24. The van der Waals surface area contributed by atoms with Crippen molar-refractivity contribution in [1.82, 2.24) is 49.8 Å². The molecular weight excluding hydrogens is 1060 g/mol. The Kier molecular flexibility index (Phi) is 23.7. The highest BCUT2D eigenvalue weighted by Crippen LogP contribution is 2.29. The summed E-state index contributed by atoms with van der Waals surface area (Å²) in [5, 5.41) is 2.96. The lowest BCUT2D eigenvalue weighted by atomic mass is 10.2. The summed E-state index contributed by atoms with van der Waals surface area (Å²) in [5.41, 5.74) is 4.95. The number of aromatic amines is 2. The summed E-state index contributed by atoms with van der Waals surface area (Å²) in [6.45, 7) is 27.4. The number of hydrogen-bond acceptors (Lipinski definition) is 19. The van der Waals surface area contributed by atoms with Crippen LogP contribution in [0.5, 0.6) is 5.75 Å². The van der Waals surface area contributed by atoms with Crippen LogP contribution in [0, 0.1) is 0 Å². The molecule has 0 bridgehead atoms. The lowest BCUT2D eigenvalue weighted by molar-refractivity contribution is -0.158. The lowest BCUT2D eigenvalue weighted by Crippen LogP contribution is -2.50. The van der Waals surface area contributed by atoms with E-state index < -0.39 is 16.8 Å². The minimum atomic E-state index is -0.655. The van der Waals surface area contributed by atoms with Gasteiger partial charge in [0.2, 0.25) is 5.91 Å². The summed E-state index contributed by atoms with van der Waals surface area (Å²) in [6.07, 6.45) is 0. The van der Waals surface area contributed by atoms with Gasteiger partial charge in [0.05, 0.1) is 87.9 Å². The number of rotatable bonds is 24. The molecule has 0 atom stereocenters. The molecule has 0 spiro atoms. The van der Waals surface area contributed by atoms with Gasteiger partial charge < -0.3 is 58.2 Å². The van der Waals surface area contributed by atoms with E-state index in [1.54, 1.807) is 0 Å². The number of hydrogen-bond donors (Lipinski definition) is 3. The molecule has 3 N–H and O–H groups in total. The Morgan fingerprint density at radius 3 is 1.37 bits per heavy atom. The first-order valence-electron chi connectivity index (χ1n) is 29.2. The fourth-order valence-electron chi connectivity index (χ4n) is 9.56. The van der Waals surface area contributed by atoms with E-state index in [0.717, 1.165) is 76.8 Å². The van der Waals surface area contributed by atoms with Crippen molar-refractivity contribution in [1.29, 1.82) is 0 Å². The average molecular weight is 1150 g/mol. The Morgan fingerprint density at radius 1 is 0.482 bits per heavy atom. The number of nitrogens with zero attached hydrogens (tertiary/aromatic N) is 8. The number of fused-ring (bicyclic) bond motifs is 2. The summed E-state index contributed by atoms with van der Waals surface area (Å²) in [7, 11) is 2.17. The van der Waals surface area contributed by atoms with E-state index >= 15 is 0 Å². The van der Waals surface area contributed by atoms with Gasteiger partial charge in [0.1, 0.15) is 40.8 Å². The Morgan fingerprint density at radius 2 is 0.892 bits per heavy atom. The van der Waals surface area contributed by atoms with E-state index in [9.17, 15) is 19.2 Å². The molecule has 2 aliphatic rings. The third kappa shape index (κ3) is 22.7. The molecule has 456 valence electrons. The van der Waals surface area contributed by atoms with Gasteiger partial charge in [-0.15, -0.1) is 0 Å². The highest BCUT2D eigenvalue weighted by molar-refractivity contribution is 5.87. The smallest absolute Gasteiger partial charge is 0.320 e. The standard InChI is InChI=1S/C61H91N11O11/c1-59(2,3)81-54(74)42-69-24-22-68(23-25-70(43-55(75)82-60(4,5)6)27-29-71(28-26-69)44-56(76)83-61(7,8)9)41-53(73)62-19-32-77-33-34-78-35-36-79-37-38-80-48-15-11-45(12-16-48)57-63-49-17-13-46(39-51(49)65-57)58-64-50-18-14-47(40-52(50)66-58)72-30-20-67(10)21-31-72/h11-18,39-40H,19-38,41-44H2,1-10H3,(H,62,73)(H,63,65)(H,64,66). The van der Waals surface area contributed by atoms with Gasteiger partial charge in [-0.25, -0.2) is 9.97 Å². The molecule has 1 amide bonds. The second-order valence-electron chi connectivity index (χ2n) is 24.3. The van der Waals surface area contributed by atoms with Gasteiger partial charge >= 0.3 is 17.9 Å². The maximum atomic E-state index is 13.3. The molecule has 0 unspecified atom stereocenters. The molecule has 2 aliphatic heterocycles. The van der Waals surface area contributed by atoms with E-state index in [1.165, 1.54) is 5.69 Å². The molecule has 5 aromatic rings. The number of likely N-dealkylation sites (N-methyl/N-ethyl adjacent to an activating group) is 1. The SMILES string of the molecule is CN1CCN(c2ccc3nc(-c4ccc5nc(-c6ccc(OCCOCCOCCOCCNC(=O)CN7CCN(CC(=O)OC(C)(C)C)CCN(CC(=O)OC(C)(C)C)CCN(CC(=O)OC(C)(C)C)CC7)cc6)[nH]c5c4)[nH]c3c2)CC1. The van der Waals surface area contributed by atoms with E-state index in [1.807, 2.05) is 112 Å². The van der Waals surface area contributed by atoms with E-state index in [4.69, 9.17) is 43.1 Å². The average Bonchev–Trinajstić information content (AvgIpc) is 3.34. The minimum absolute atomic E-state index is 0.0441. The molecule has 0 aliphatic carbocycles. The third-order valence-electron chi connectivity index (χ3n) is 13.6. The van der Waals surface area contributed by atoms with Crippen molar-refractivity contribution < 1.29 is 52.3 Å². The highest BCUT2D eigenvalue weighted by Gasteiger charge is 2.27. The van der Waals surface area contributed by atoms with Gasteiger partial charge in [-0.05, 0) is 130 Å². The first kappa shape index (κ1) is 64.3. The molecule has 0 saturated carbocycles. The molecule has 2 fully saturated rings. The summed E-state index contributed by atoms with van der Waals surface area (Å²) >= 11 is 0. The van der Waals surface area contributed by atoms with Gasteiger partial charge in [-0.3, -0.25) is 38.8 Å². The number of carbonyl (C=O) groups excluding carboxylic acids is 4. The van der Waals surface area contributed by atoms with Crippen molar-refractivity contribution in [2.24, 2.45) is 0 Å². The highest BCUT2D eigenvalue weighted by atomic mass is 16.6. The molecule has 3 aromatic carbocycles. The van der Waals surface area contributed by atoms with Crippen LogP contribution in [0.4, 0.5) is 5.69 Å². The van der Waals surface area contributed by atoms with Crippen molar-refractivity contribution in [2.45, 2.75) is 79.1 Å². The van der Waals surface area contributed by atoms with Crippen molar-refractivity contribution in [2.75, 3.05) is 169 Å². The molecule has 7 rings (SSSR count). The molecule has 4 heterocycles. The van der Waals surface area contributed by atoms with E-state index in [0.29, 0.717) is 105 Å². The monoisotopic (exact) mass is 1150 g/mol. The molecule has 2 saturated heterocycles. The maximum Gasteiger partial charge on any atom is 0.320 e. The summed E-state index contributed by atoms with van der Waals surface area (Å²) in [6, 6.07) is 20.4. The normalized spacial score (nSPS) is 16.4. The van der Waals surface area contributed by atoms with Gasteiger partial charge in [0, 0.05) is 102 Å². The van der Waals surface area contributed by atoms with E-state index in [2.05, 4.69) is 62.5 Å². The van der Waals surface area contributed by atoms with Crippen molar-refractivity contribution in [3.05, 3.63) is 60.7 Å². The predicted molar refractivity (Wildman–Crippen MR) is 321 cm³/mol. The number of amides is 1. The Balaban J connectivity index is 0.779. The van der Waals surface area contributed by atoms with Gasteiger partial charge in [-0.1, -0.05) is 0 Å². The van der Waals surface area contributed by atoms with Crippen LogP contribution in [0.3, 0.4) is 0 Å². The lowest BCUT2D eigenvalue weighted by Gasteiger charge is -2.34. The predicted octanol–water partition coefficient (Wildman–Crippen LogP) is 5.32. The quantitative estimate of drug-likeness (QED) is 0.0404. The second-order valence-corrected chi connectivity index (χ2v) is 24.3. The number of ether oxygens (including phenoxy) is 7. The minimum Gasteiger partial charge on any atom is -0.491 e. The van der Waals surface area contributed by atoms with Crippen molar-refractivity contribution in [3.63, 3.8) is 0 Å². The number of H-pyrrole nitrogens is 2. The van der Waals surface area contributed by atoms with Crippen LogP contribution in [0.2, 0.25) is 0 Å². The van der Waals surface area contributed by atoms with Crippen LogP contribution in [-0.2, 0) is 47.6 Å². The van der Waals surface area contributed by atoms with Crippen LogP contribution in [0.1, 0.15) is 62.3 Å². The van der Waals surface area contributed by atoms with Crippen LogP contribution >= 0.6 is 0 Å². The summed E-state index contributed by atoms with van der Waals surface area (Å²) < 4.78 is 40.1. The number of piperazine rings is 1. The molecule has 83 heavy (non-hydrogen) atoms.